The molecule has 1 fully saturated rings. The molecular formula is C8H15BrO. The average Bonchev–Trinajstić information content (AvgIpc) is 2.68. The molecule has 0 aromatic carbocycles. The maximum absolute atomic E-state index is 5.40. The molecule has 0 aromatic rings. The summed E-state index contributed by atoms with van der Waals surface area (Å²) in [5, 5.41) is 1.14. The van der Waals surface area contributed by atoms with Crippen LogP contribution in [-0.4, -0.2) is 17.5 Å². The fraction of sp³-hybridized carbons (Fsp3) is 1.00. The summed E-state index contributed by atoms with van der Waals surface area (Å²) in [5.41, 5.74) is 0. The largest absolute Gasteiger partial charge is 0.370 e. The van der Waals surface area contributed by atoms with Gasteiger partial charge in [0.15, 0.2) is 0 Å². The Morgan fingerprint density at radius 3 is 2.60 bits per heavy atom. The van der Waals surface area contributed by atoms with Gasteiger partial charge in [-0.25, -0.2) is 0 Å². The van der Waals surface area contributed by atoms with E-state index in [2.05, 4.69) is 22.9 Å². The van der Waals surface area contributed by atoms with Crippen LogP contribution in [-0.2, 0) is 4.74 Å². The van der Waals surface area contributed by atoms with Crippen molar-refractivity contribution in [2.45, 2.75) is 44.8 Å². The summed E-state index contributed by atoms with van der Waals surface area (Å²) in [7, 11) is 0. The highest BCUT2D eigenvalue weighted by molar-refractivity contribution is 9.09. The van der Waals surface area contributed by atoms with E-state index in [1.54, 1.807) is 0 Å². The van der Waals surface area contributed by atoms with Crippen LogP contribution in [0.25, 0.3) is 0 Å². The Hall–Kier alpha value is 0.440. The molecule has 0 radical (unpaired) electrons. The van der Waals surface area contributed by atoms with Crippen LogP contribution in [0.15, 0.2) is 0 Å². The van der Waals surface area contributed by atoms with E-state index in [4.69, 9.17) is 4.74 Å². The molecule has 0 amide bonds. The molecule has 10 heavy (non-hydrogen) atoms. The lowest BCUT2D eigenvalue weighted by Gasteiger charge is -1.91. The van der Waals surface area contributed by atoms with Crippen molar-refractivity contribution in [1.29, 1.82) is 0 Å². The van der Waals surface area contributed by atoms with E-state index >= 15 is 0 Å². The average molecular weight is 207 g/mol. The Kier molecular flexibility index (Phi) is 3.71. The summed E-state index contributed by atoms with van der Waals surface area (Å²) in [6.07, 6.45) is 6.28. The zero-order valence-corrected chi connectivity index (χ0v) is 8.06. The van der Waals surface area contributed by atoms with Crippen LogP contribution < -0.4 is 0 Å². The van der Waals surface area contributed by atoms with Crippen LogP contribution in [0.3, 0.4) is 0 Å². The van der Waals surface area contributed by atoms with Crippen molar-refractivity contribution >= 4 is 15.9 Å². The molecule has 1 aliphatic rings. The number of epoxide rings is 1. The fourth-order valence-corrected chi connectivity index (χ4v) is 1.63. The lowest BCUT2D eigenvalue weighted by Crippen LogP contribution is -1.91. The monoisotopic (exact) mass is 206 g/mol. The van der Waals surface area contributed by atoms with Gasteiger partial charge in [-0.15, -0.1) is 0 Å². The molecule has 0 saturated carbocycles. The van der Waals surface area contributed by atoms with Crippen molar-refractivity contribution in [1.82, 2.24) is 0 Å². The highest BCUT2D eigenvalue weighted by Gasteiger charge is 2.35. The number of rotatable bonds is 5. The van der Waals surface area contributed by atoms with Crippen molar-refractivity contribution in [3.8, 4) is 0 Å². The molecule has 2 heteroatoms. The molecule has 1 rings (SSSR count). The van der Waals surface area contributed by atoms with Crippen molar-refractivity contribution < 1.29 is 4.74 Å². The zero-order valence-electron chi connectivity index (χ0n) is 6.48. The number of ether oxygens (including phenoxy) is 1. The number of hydrogen-bond donors (Lipinski definition) is 0. The molecule has 0 spiro atoms. The van der Waals surface area contributed by atoms with E-state index in [1.807, 2.05) is 0 Å². The van der Waals surface area contributed by atoms with Crippen molar-refractivity contribution in [2.24, 2.45) is 0 Å². The minimum atomic E-state index is 0.607. The van der Waals surface area contributed by atoms with Crippen LogP contribution >= 0.6 is 15.9 Å². The van der Waals surface area contributed by atoms with Gasteiger partial charge in [-0.05, 0) is 25.7 Å². The van der Waals surface area contributed by atoms with Crippen molar-refractivity contribution in [2.75, 3.05) is 5.33 Å². The van der Waals surface area contributed by atoms with Gasteiger partial charge in [-0.3, -0.25) is 0 Å². The van der Waals surface area contributed by atoms with Crippen LogP contribution in [0.1, 0.15) is 32.6 Å². The number of unbranched alkanes of at least 4 members (excludes halogenated alkanes) is 1. The third-order valence-corrected chi connectivity index (χ3v) is 2.52. The van der Waals surface area contributed by atoms with Gasteiger partial charge in [0.2, 0.25) is 0 Å². The summed E-state index contributed by atoms with van der Waals surface area (Å²) < 4.78 is 5.40. The number of alkyl halides is 1. The van der Waals surface area contributed by atoms with Crippen LogP contribution in [0, 0.1) is 0 Å². The second-order valence-electron chi connectivity index (χ2n) is 2.81. The minimum absolute atomic E-state index is 0.607. The number of hydrogen-bond acceptors (Lipinski definition) is 1. The predicted molar refractivity (Wildman–Crippen MR) is 46.6 cm³/mol. The standard InChI is InChI=1S/C8H15BrO/c1-2-7-8(10-7)5-3-4-6-9/h7-8H,2-6H2,1H3/t7-,8+/m0/s1. The first-order valence-corrected chi connectivity index (χ1v) is 5.22. The first-order chi connectivity index (χ1) is 4.88. The molecule has 2 atom stereocenters. The molecule has 1 aliphatic heterocycles. The molecule has 0 unspecified atom stereocenters. The maximum Gasteiger partial charge on any atom is 0.0841 e. The van der Waals surface area contributed by atoms with E-state index in [0.29, 0.717) is 12.2 Å². The van der Waals surface area contributed by atoms with Crippen LogP contribution in [0.5, 0.6) is 0 Å². The van der Waals surface area contributed by atoms with Crippen molar-refractivity contribution in [3.05, 3.63) is 0 Å². The van der Waals surface area contributed by atoms with Crippen molar-refractivity contribution in [3.63, 3.8) is 0 Å². The minimum Gasteiger partial charge on any atom is -0.370 e. The Morgan fingerprint density at radius 2 is 2.10 bits per heavy atom. The summed E-state index contributed by atoms with van der Waals surface area (Å²) in [6, 6.07) is 0. The summed E-state index contributed by atoms with van der Waals surface area (Å²) in [5.74, 6) is 0. The van der Waals surface area contributed by atoms with Gasteiger partial charge in [0, 0.05) is 5.33 Å². The smallest absolute Gasteiger partial charge is 0.0841 e. The molecule has 0 N–H and O–H groups in total. The van der Waals surface area contributed by atoms with Gasteiger partial charge < -0.3 is 4.74 Å². The molecule has 0 aromatic heterocycles. The second-order valence-corrected chi connectivity index (χ2v) is 3.60. The third-order valence-electron chi connectivity index (χ3n) is 1.96. The fourth-order valence-electron chi connectivity index (χ4n) is 1.23. The molecule has 1 saturated heterocycles. The Bertz CT molecular complexity index is 95.3. The molecule has 1 nitrogen and oxygen atoms in total. The summed E-state index contributed by atoms with van der Waals surface area (Å²) >= 11 is 3.41. The van der Waals surface area contributed by atoms with E-state index in [1.165, 1.54) is 25.7 Å². The maximum atomic E-state index is 5.40. The normalized spacial score (nSPS) is 30.6. The highest BCUT2D eigenvalue weighted by Crippen LogP contribution is 2.29. The van der Waals surface area contributed by atoms with Crippen LogP contribution in [0.2, 0.25) is 0 Å². The van der Waals surface area contributed by atoms with Gasteiger partial charge >= 0.3 is 0 Å². The molecule has 60 valence electrons. The van der Waals surface area contributed by atoms with Gasteiger partial charge in [-0.2, -0.15) is 0 Å². The molecule has 0 bridgehead atoms. The van der Waals surface area contributed by atoms with Crippen LogP contribution in [0.4, 0.5) is 0 Å². The quantitative estimate of drug-likeness (QED) is 0.383. The van der Waals surface area contributed by atoms with E-state index < -0.39 is 0 Å². The molecule has 1 heterocycles. The third kappa shape index (κ3) is 2.59. The van der Waals surface area contributed by atoms with Gasteiger partial charge in [0.1, 0.15) is 0 Å². The molecule has 0 aliphatic carbocycles. The number of halogens is 1. The Morgan fingerprint density at radius 1 is 1.30 bits per heavy atom. The van der Waals surface area contributed by atoms with Gasteiger partial charge in [0.05, 0.1) is 12.2 Å². The SMILES string of the molecule is CC[C@@H]1O[C@@H]1CCCCBr. The predicted octanol–water partition coefficient (Wildman–Crippen LogP) is 2.73. The topological polar surface area (TPSA) is 12.5 Å². The lowest BCUT2D eigenvalue weighted by molar-refractivity contribution is 0.357. The lowest BCUT2D eigenvalue weighted by atomic mass is 10.1. The highest BCUT2D eigenvalue weighted by atomic mass is 79.9. The Labute approximate surface area is 71.3 Å². The van der Waals surface area contributed by atoms with E-state index in [-0.39, 0.29) is 0 Å². The van der Waals surface area contributed by atoms with E-state index in [9.17, 15) is 0 Å². The molecular weight excluding hydrogens is 192 g/mol. The first-order valence-electron chi connectivity index (χ1n) is 4.10. The Balaban J connectivity index is 1.87. The van der Waals surface area contributed by atoms with E-state index in [0.717, 1.165) is 5.33 Å². The second kappa shape index (κ2) is 4.35. The zero-order chi connectivity index (χ0) is 7.40. The first kappa shape index (κ1) is 8.54. The van der Waals surface area contributed by atoms with Gasteiger partial charge in [0.25, 0.3) is 0 Å². The summed E-state index contributed by atoms with van der Waals surface area (Å²) in [6.45, 7) is 2.19. The van der Waals surface area contributed by atoms with Gasteiger partial charge in [-0.1, -0.05) is 22.9 Å². The summed E-state index contributed by atoms with van der Waals surface area (Å²) in [4.78, 5) is 0.